The lowest BCUT2D eigenvalue weighted by Gasteiger charge is -2.02. The summed E-state index contributed by atoms with van der Waals surface area (Å²) in [5.74, 6) is 0.297. The fraction of sp³-hybridized carbons (Fsp3) is 0.308. The van der Waals surface area contributed by atoms with Crippen LogP contribution in [-0.2, 0) is 11.3 Å². The third-order valence-corrected chi connectivity index (χ3v) is 3.89. The molecule has 1 unspecified atom stereocenters. The molecule has 2 aromatic rings. The first-order chi connectivity index (χ1) is 8.56. The van der Waals surface area contributed by atoms with Gasteiger partial charge in [0.2, 0.25) is 5.91 Å². The highest BCUT2D eigenvalue weighted by Crippen LogP contribution is 2.53. The number of fused-ring (bicyclic) bond motifs is 1. The number of amides is 1. The normalized spacial score (nSPS) is 20.9. The molecule has 0 saturated heterocycles. The molecule has 1 aromatic carbocycles. The molecule has 1 N–H and O–H groups in total. The maximum Gasteiger partial charge on any atom is 0.226 e. The van der Waals surface area contributed by atoms with E-state index in [1.165, 1.54) is 0 Å². The number of carbonyl (C=O) groups is 1. The van der Waals surface area contributed by atoms with Gasteiger partial charge < -0.3 is 9.73 Å². The molecular formula is C13H11Cl2NO2. The smallest absolute Gasteiger partial charge is 0.226 e. The summed E-state index contributed by atoms with van der Waals surface area (Å²) in [7, 11) is 0. The summed E-state index contributed by atoms with van der Waals surface area (Å²) in [6.07, 6.45) is 0.516. The second-order valence-corrected chi connectivity index (χ2v) is 6.03. The minimum atomic E-state index is -0.877. The maximum absolute atomic E-state index is 11.7. The van der Waals surface area contributed by atoms with Crippen molar-refractivity contribution >= 4 is 40.1 Å². The summed E-state index contributed by atoms with van der Waals surface area (Å²) < 4.78 is 4.71. The second kappa shape index (κ2) is 4.18. The zero-order valence-electron chi connectivity index (χ0n) is 9.45. The van der Waals surface area contributed by atoms with Gasteiger partial charge >= 0.3 is 0 Å². The third-order valence-electron chi connectivity index (χ3n) is 3.06. The van der Waals surface area contributed by atoms with Crippen LogP contribution in [0, 0.1) is 5.92 Å². The van der Waals surface area contributed by atoms with Crippen LogP contribution in [0.2, 0.25) is 0 Å². The lowest BCUT2D eigenvalue weighted by atomic mass is 10.2. The Kier molecular flexibility index (Phi) is 2.76. The SMILES string of the molecule is O=C(NCc1cc2ccccc2o1)C1CC1(Cl)Cl. The minimum Gasteiger partial charge on any atom is -0.459 e. The molecule has 0 bridgehead atoms. The van der Waals surface area contributed by atoms with Crippen molar-refractivity contribution in [3.05, 3.63) is 36.1 Å². The Morgan fingerprint density at radius 3 is 2.83 bits per heavy atom. The van der Waals surface area contributed by atoms with Crippen molar-refractivity contribution < 1.29 is 9.21 Å². The molecule has 5 heteroatoms. The first-order valence-corrected chi connectivity index (χ1v) is 6.45. The Morgan fingerprint density at radius 1 is 1.44 bits per heavy atom. The molecule has 0 radical (unpaired) electrons. The zero-order chi connectivity index (χ0) is 12.8. The van der Waals surface area contributed by atoms with Gasteiger partial charge in [-0.3, -0.25) is 4.79 Å². The highest BCUT2D eigenvalue weighted by molar-refractivity contribution is 6.52. The summed E-state index contributed by atoms with van der Waals surface area (Å²) in [6, 6.07) is 9.63. The van der Waals surface area contributed by atoms with E-state index in [0.29, 0.717) is 13.0 Å². The van der Waals surface area contributed by atoms with E-state index in [9.17, 15) is 4.79 Å². The Morgan fingerprint density at radius 2 is 2.17 bits per heavy atom. The predicted molar refractivity (Wildman–Crippen MR) is 70.6 cm³/mol. The van der Waals surface area contributed by atoms with E-state index in [1.54, 1.807) is 0 Å². The molecule has 1 fully saturated rings. The van der Waals surface area contributed by atoms with Crippen LogP contribution in [0.3, 0.4) is 0 Å². The van der Waals surface area contributed by atoms with Crippen LogP contribution < -0.4 is 5.32 Å². The van der Waals surface area contributed by atoms with Crippen molar-refractivity contribution in [2.75, 3.05) is 0 Å². The number of carbonyl (C=O) groups excluding carboxylic acids is 1. The van der Waals surface area contributed by atoms with Crippen molar-refractivity contribution in [2.45, 2.75) is 17.3 Å². The largest absolute Gasteiger partial charge is 0.459 e. The van der Waals surface area contributed by atoms with Crippen molar-refractivity contribution in [1.82, 2.24) is 5.32 Å². The molecule has 1 heterocycles. The summed E-state index contributed by atoms with van der Waals surface area (Å²) in [5, 5.41) is 3.80. The van der Waals surface area contributed by atoms with Crippen LogP contribution in [0.5, 0.6) is 0 Å². The van der Waals surface area contributed by atoms with Gasteiger partial charge in [0.1, 0.15) is 15.7 Å². The first-order valence-electron chi connectivity index (χ1n) is 5.69. The molecule has 1 amide bonds. The number of halogens is 2. The van der Waals surface area contributed by atoms with E-state index in [2.05, 4.69) is 5.32 Å². The van der Waals surface area contributed by atoms with Gasteiger partial charge in [0.15, 0.2) is 0 Å². The quantitative estimate of drug-likeness (QED) is 0.879. The molecule has 94 valence electrons. The molecule has 3 rings (SSSR count). The zero-order valence-corrected chi connectivity index (χ0v) is 11.0. The van der Waals surface area contributed by atoms with E-state index in [0.717, 1.165) is 16.7 Å². The predicted octanol–water partition coefficient (Wildman–Crippen LogP) is 3.24. The van der Waals surface area contributed by atoms with Crippen molar-refractivity contribution in [1.29, 1.82) is 0 Å². The van der Waals surface area contributed by atoms with Crippen LogP contribution in [0.4, 0.5) is 0 Å². The molecule has 0 spiro atoms. The van der Waals surface area contributed by atoms with Crippen molar-refractivity contribution in [3.8, 4) is 0 Å². The number of nitrogens with one attached hydrogen (secondary N) is 1. The number of furan rings is 1. The average molecular weight is 284 g/mol. The average Bonchev–Trinajstić information content (AvgIpc) is 2.82. The Bertz CT molecular complexity index is 573. The molecule has 18 heavy (non-hydrogen) atoms. The number of alkyl halides is 2. The topological polar surface area (TPSA) is 42.2 Å². The number of rotatable bonds is 3. The summed E-state index contributed by atoms with van der Waals surface area (Å²) >= 11 is 11.7. The van der Waals surface area contributed by atoms with Crippen LogP contribution in [-0.4, -0.2) is 10.2 Å². The standard InChI is InChI=1S/C13H11Cl2NO2/c14-13(15)6-10(13)12(17)16-7-9-5-8-3-1-2-4-11(8)18-9/h1-5,10H,6-7H2,(H,16,17). The minimum absolute atomic E-state index is 0.125. The van der Waals surface area contributed by atoms with Gasteiger partial charge in [0.25, 0.3) is 0 Å². The van der Waals surface area contributed by atoms with Crippen LogP contribution in [0.25, 0.3) is 11.0 Å². The van der Waals surface area contributed by atoms with E-state index in [4.69, 9.17) is 27.6 Å². The molecule has 0 aliphatic heterocycles. The van der Waals surface area contributed by atoms with Gasteiger partial charge in [0, 0.05) is 5.39 Å². The molecule has 1 aromatic heterocycles. The van der Waals surface area contributed by atoms with Gasteiger partial charge in [-0.15, -0.1) is 23.2 Å². The van der Waals surface area contributed by atoms with Crippen LogP contribution in [0.15, 0.2) is 34.7 Å². The molecule has 3 nitrogen and oxygen atoms in total. The first kappa shape index (κ1) is 11.9. The fourth-order valence-corrected chi connectivity index (χ4v) is 2.43. The molecule has 1 aliphatic carbocycles. The number of hydrogen-bond acceptors (Lipinski definition) is 2. The van der Waals surface area contributed by atoms with E-state index >= 15 is 0 Å². The summed E-state index contributed by atoms with van der Waals surface area (Å²) in [6.45, 7) is 0.355. The molecular weight excluding hydrogens is 273 g/mol. The summed E-state index contributed by atoms with van der Waals surface area (Å²) in [5.41, 5.74) is 0.817. The lowest BCUT2D eigenvalue weighted by Crippen LogP contribution is -2.26. The van der Waals surface area contributed by atoms with Crippen LogP contribution in [0.1, 0.15) is 12.2 Å². The maximum atomic E-state index is 11.7. The van der Waals surface area contributed by atoms with E-state index < -0.39 is 4.33 Å². The number of para-hydroxylation sites is 1. The summed E-state index contributed by atoms with van der Waals surface area (Å²) in [4.78, 5) is 11.7. The monoisotopic (exact) mass is 283 g/mol. The van der Waals surface area contributed by atoms with Crippen LogP contribution >= 0.6 is 23.2 Å². The van der Waals surface area contributed by atoms with Gasteiger partial charge in [-0.1, -0.05) is 18.2 Å². The number of benzene rings is 1. The number of hydrogen-bond donors (Lipinski definition) is 1. The van der Waals surface area contributed by atoms with Gasteiger partial charge in [-0.2, -0.15) is 0 Å². The molecule has 1 saturated carbocycles. The van der Waals surface area contributed by atoms with Gasteiger partial charge in [-0.05, 0) is 18.6 Å². The Hall–Kier alpha value is -1.19. The van der Waals surface area contributed by atoms with E-state index in [-0.39, 0.29) is 11.8 Å². The lowest BCUT2D eigenvalue weighted by molar-refractivity contribution is -0.122. The highest BCUT2D eigenvalue weighted by Gasteiger charge is 2.56. The highest BCUT2D eigenvalue weighted by atomic mass is 35.5. The Balaban J connectivity index is 1.65. The van der Waals surface area contributed by atoms with E-state index in [1.807, 2.05) is 30.3 Å². The fourth-order valence-electron chi connectivity index (χ4n) is 1.92. The second-order valence-electron chi connectivity index (χ2n) is 4.49. The van der Waals surface area contributed by atoms with Gasteiger partial charge in [-0.25, -0.2) is 0 Å². The Labute approximate surface area is 114 Å². The molecule has 1 atom stereocenters. The van der Waals surface area contributed by atoms with Gasteiger partial charge in [0.05, 0.1) is 12.5 Å². The van der Waals surface area contributed by atoms with Crippen molar-refractivity contribution in [3.63, 3.8) is 0 Å². The van der Waals surface area contributed by atoms with Crippen molar-refractivity contribution in [2.24, 2.45) is 5.92 Å². The third kappa shape index (κ3) is 2.20. The molecule has 1 aliphatic rings.